The van der Waals surface area contributed by atoms with Crippen molar-refractivity contribution in [3.05, 3.63) is 23.8 Å². The standard InChI is InChI=1S/C6H2BF4N/c7-4-1-3(8)2-12-5(4)6(9,10)11/h1-2H. The highest BCUT2D eigenvalue weighted by atomic mass is 19.4. The summed E-state index contributed by atoms with van der Waals surface area (Å²) in [7, 11) is 4.89. The van der Waals surface area contributed by atoms with Crippen LogP contribution in [0.1, 0.15) is 5.69 Å². The summed E-state index contributed by atoms with van der Waals surface area (Å²) < 4.78 is 48.0. The Balaban J connectivity index is 3.19. The zero-order valence-corrected chi connectivity index (χ0v) is 5.69. The minimum Gasteiger partial charge on any atom is -0.249 e. The van der Waals surface area contributed by atoms with Crippen molar-refractivity contribution in [2.45, 2.75) is 6.18 Å². The van der Waals surface area contributed by atoms with E-state index in [9.17, 15) is 17.6 Å². The second-order valence-corrected chi connectivity index (χ2v) is 2.09. The van der Waals surface area contributed by atoms with Crippen LogP contribution in [0.4, 0.5) is 17.6 Å². The van der Waals surface area contributed by atoms with E-state index in [0.29, 0.717) is 12.3 Å². The van der Waals surface area contributed by atoms with E-state index in [1.54, 1.807) is 0 Å². The molecule has 1 aromatic heterocycles. The van der Waals surface area contributed by atoms with Crippen LogP contribution in [-0.2, 0) is 6.18 Å². The van der Waals surface area contributed by atoms with Gasteiger partial charge in [0, 0.05) is 0 Å². The molecule has 0 saturated carbocycles. The second-order valence-electron chi connectivity index (χ2n) is 2.09. The maximum atomic E-state index is 12.2. The number of nitrogens with zero attached hydrogens (tertiary/aromatic N) is 1. The van der Waals surface area contributed by atoms with Gasteiger partial charge in [-0.3, -0.25) is 0 Å². The maximum absolute atomic E-state index is 12.2. The van der Waals surface area contributed by atoms with Gasteiger partial charge in [0.05, 0.1) is 6.20 Å². The fraction of sp³-hybridized carbons (Fsp3) is 0.167. The third-order valence-corrected chi connectivity index (χ3v) is 1.15. The predicted octanol–water partition coefficient (Wildman–Crippen LogP) is 1.03. The van der Waals surface area contributed by atoms with E-state index in [1.165, 1.54) is 0 Å². The Morgan fingerprint density at radius 3 is 2.33 bits per heavy atom. The van der Waals surface area contributed by atoms with Gasteiger partial charge in [0.25, 0.3) is 0 Å². The number of halogens is 4. The maximum Gasteiger partial charge on any atom is 0.432 e. The predicted molar refractivity (Wildman–Crippen MR) is 34.6 cm³/mol. The Kier molecular flexibility index (Phi) is 2.08. The molecular weight excluding hydrogens is 173 g/mol. The van der Waals surface area contributed by atoms with Crippen molar-refractivity contribution in [3.63, 3.8) is 0 Å². The molecule has 0 saturated heterocycles. The van der Waals surface area contributed by atoms with Gasteiger partial charge in [-0.15, -0.1) is 0 Å². The summed E-state index contributed by atoms with van der Waals surface area (Å²) in [6.45, 7) is 0. The normalized spacial score (nSPS) is 11.7. The number of alkyl halides is 3. The molecule has 0 unspecified atom stereocenters. The van der Waals surface area contributed by atoms with Crippen molar-refractivity contribution >= 4 is 13.3 Å². The first-order valence-electron chi connectivity index (χ1n) is 2.89. The van der Waals surface area contributed by atoms with Gasteiger partial charge in [-0.2, -0.15) is 13.2 Å². The average Bonchev–Trinajstić information content (AvgIpc) is 1.83. The van der Waals surface area contributed by atoms with Gasteiger partial charge in [0.1, 0.15) is 19.4 Å². The summed E-state index contributed by atoms with van der Waals surface area (Å²) in [4.78, 5) is 2.82. The van der Waals surface area contributed by atoms with Crippen molar-refractivity contribution < 1.29 is 17.6 Å². The number of aromatic nitrogens is 1. The molecule has 0 bridgehead atoms. The zero-order valence-electron chi connectivity index (χ0n) is 5.69. The van der Waals surface area contributed by atoms with Gasteiger partial charge < -0.3 is 0 Å². The topological polar surface area (TPSA) is 12.9 Å². The summed E-state index contributed by atoms with van der Waals surface area (Å²) >= 11 is 0. The van der Waals surface area contributed by atoms with Crippen LogP contribution in [0, 0.1) is 5.82 Å². The smallest absolute Gasteiger partial charge is 0.249 e. The Morgan fingerprint density at radius 1 is 1.33 bits per heavy atom. The highest BCUT2D eigenvalue weighted by Crippen LogP contribution is 2.25. The average molecular weight is 175 g/mol. The van der Waals surface area contributed by atoms with Crippen LogP contribution in [0.3, 0.4) is 0 Å². The van der Waals surface area contributed by atoms with Crippen molar-refractivity contribution in [2.75, 3.05) is 0 Å². The van der Waals surface area contributed by atoms with Crippen LogP contribution in [0.15, 0.2) is 12.3 Å². The van der Waals surface area contributed by atoms with Gasteiger partial charge in [0.15, 0.2) is 0 Å². The highest BCUT2D eigenvalue weighted by molar-refractivity contribution is 6.33. The fourth-order valence-electron chi connectivity index (χ4n) is 0.692. The van der Waals surface area contributed by atoms with E-state index in [4.69, 9.17) is 7.85 Å². The Hall–Kier alpha value is -1.07. The second kappa shape index (κ2) is 2.77. The lowest BCUT2D eigenvalue weighted by atomic mass is 9.94. The lowest BCUT2D eigenvalue weighted by molar-refractivity contribution is -0.140. The van der Waals surface area contributed by atoms with Crippen molar-refractivity contribution in [1.82, 2.24) is 4.98 Å². The number of hydrogen-bond acceptors (Lipinski definition) is 1. The molecule has 0 aliphatic rings. The zero-order chi connectivity index (χ0) is 9.35. The molecular formula is C6H2BF4N. The van der Waals surface area contributed by atoms with Crippen LogP contribution < -0.4 is 5.46 Å². The van der Waals surface area contributed by atoms with E-state index < -0.39 is 23.2 Å². The molecule has 0 aliphatic carbocycles. The van der Waals surface area contributed by atoms with Crippen LogP contribution >= 0.6 is 0 Å². The largest absolute Gasteiger partial charge is 0.432 e. The van der Waals surface area contributed by atoms with Crippen molar-refractivity contribution in [1.29, 1.82) is 0 Å². The van der Waals surface area contributed by atoms with Crippen molar-refractivity contribution in [3.8, 4) is 0 Å². The van der Waals surface area contributed by atoms with Crippen LogP contribution in [0.25, 0.3) is 0 Å². The monoisotopic (exact) mass is 175 g/mol. The molecule has 0 N–H and O–H groups in total. The molecule has 0 aromatic carbocycles. The van der Waals surface area contributed by atoms with E-state index >= 15 is 0 Å². The van der Waals surface area contributed by atoms with Gasteiger partial charge in [-0.25, -0.2) is 9.37 Å². The molecule has 1 heterocycles. The Bertz CT molecular complexity index is 296. The summed E-state index contributed by atoms with van der Waals surface area (Å²) in [6, 6.07) is 0.579. The molecule has 2 radical (unpaired) electrons. The molecule has 62 valence electrons. The Morgan fingerprint density at radius 2 is 1.92 bits per heavy atom. The van der Waals surface area contributed by atoms with Gasteiger partial charge >= 0.3 is 6.18 Å². The van der Waals surface area contributed by atoms with Crippen molar-refractivity contribution in [2.24, 2.45) is 0 Å². The van der Waals surface area contributed by atoms with Crippen LogP contribution in [0.5, 0.6) is 0 Å². The minimum atomic E-state index is -4.63. The molecule has 0 spiro atoms. The first-order chi connectivity index (χ1) is 5.41. The third kappa shape index (κ3) is 1.75. The molecule has 1 nitrogen and oxygen atoms in total. The molecule has 0 atom stereocenters. The van der Waals surface area contributed by atoms with E-state index in [0.717, 1.165) is 0 Å². The first-order valence-corrected chi connectivity index (χ1v) is 2.89. The van der Waals surface area contributed by atoms with Crippen LogP contribution in [0.2, 0.25) is 0 Å². The first kappa shape index (κ1) is 9.03. The molecule has 0 fully saturated rings. The molecule has 1 rings (SSSR count). The summed E-state index contributed by atoms with van der Waals surface area (Å²) in [6.07, 6.45) is -4.16. The molecule has 6 heteroatoms. The van der Waals surface area contributed by atoms with Crippen LogP contribution in [-0.4, -0.2) is 12.8 Å². The molecule has 12 heavy (non-hydrogen) atoms. The quantitative estimate of drug-likeness (QED) is 0.423. The summed E-state index contributed by atoms with van der Waals surface area (Å²) in [5, 5.41) is 0. The molecule has 0 amide bonds. The molecule has 0 aliphatic heterocycles. The molecule has 1 aromatic rings. The highest BCUT2D eigenvalue weighted by Gasteiger charge is 2.33. The van der Waals surface area contributed by atoms with E-state index in [2.05, 4.69) is 4.98 Å². The number of pyridine rings is 1. The number of rotatable bonds is 0. The minimum absolute atomic E-state index is 0.471. The summed E-state index contributed by atoms with van der Waals surface area (Å²) in [5.74, 6) is -0.888. The fourth-order valence-corrected chi connectivity index (χ4v) is 0.692. The van der Waals surface area contributed by atoms with Gasteiger partial charge in [-0.05, 0) is 6.07 Å². The SMILES string of the molecule is [B]c1cc(F)cnc1C(F)(F)F. The lowest BCUT2D eigenvalue weighted by Crippen LogP contribution is -2.22. The Labute approximate surface area is 66.8 Å². The lowest BCUT2D eigenvalue weighted by Gasteiger charge is -2.07. The number of hydrogen-bond donors (Lipinski definition) is 0. The summed E-state index contributed by atoms with van der Waals surface area (Å²) in [5.41, 5.74) is -1.97. The third-order valence-electron chi connectivity index (χ3n) is 1.15. The van der Waals surface area contributed by atoms with Gasteiger partial charge in [0.2, 0.25) is 0 Å². The van der Waals surface area contributed by atoms with E-state index in [1.807, 2.05) is 0 Å². The van der Waals surface area contributed by atoms with Gasteiger partial charge in [-0.1, -0.05) is 5.46 Å². The van der Waals surface area contributed by atoms with E-state index in [-0.39, 0.29) is 0 Å².